The third-order valence-electron chi connectivity index (χ3n) is 3.24. The van der Waals surface area contributed by atoms with Gasteiger partial charge in [0.1, 0.15) is 0 Å². The van der Waals surface area contributed by atoms with E-state index in [1.54, 1.807) is 0 Å². The van der Waals surface area contributed by atoms with Gasteiger partial charge >= 0.3 is 0 Å². The lowest BCUT2D eigenvalue weighted by Gasteiger charge is -2.35. The summed E-state index contributed by atoms with van der Waals surface area (Å²) in [6, 6.07) is 2.57. The predicted molar refractivity (Wildman–Crippen MR) is 93.0 cm³/mol. The molecule has 2 heterocycles. The monoisotopic (exact) mass is 381 g/mol. The third kappa shape index (κ3) is 5.70. The molecule has 0 radical (unpaired) electrons. The van der Waals surface area contributed by atoms with Gasteiger partial charge in [0, 0.05) is 49.1 Å². The summed E-state index contributed by atoms with van der Waals surface area (Å²) in [5, 5.41) is 3.40. The predicted octanol–water partition coefficient (Wildman–Crippen LogP) is 3.60. The molecule has 1 aliphatic heterocycles. The van der Waals surface area contributed by atoms with Crippen molar-refractivity contribution in [3.8, 4) is 0 Å². The summed E-state index contributed by atoms with van der Waals surface area (Å²) in [5.74, 6) is 0. The van der Waals surface area contributed by atoms with Gasteiger partial charge in [0.2, 0.25) is 0 Å². The van der Waals surface area contributed by atoms with Crippen LogP contribution in [-0.2, 0) is 0 Å². The zero-order valence-electron chi connectivity index (χ0n) is 11.6. The van der Waals surface area contributed by atoms with E-state index in [-0.39, 0.29) is 24.8 Å². The van der Waals surface area contributed by atoms with Crippen LogP contribution >= 0.6 is 40.7 Å². The van der Waals surface area contributed by atoms with E-state index in [9.17, 15) is 0 Å². The maximum absolute atomic E-state index is 4.29. The van der Waals surface area contributed by atoms with Crippen molar-refractivity contribution in [2.45, 2.75) is 19.4 Å². The molecule has 0 saturated carbocycles. The van der Waals surface area contributed by atoms with E-state index in [2.05, 4.69) is 50.7 Å². The number of hydrogen-bond acceptors (Lipinski definition) is 3. The highest BCUT2D eigenvalue weighted by molar-refractivity contribution is 9.10. The summed E-state index contributed by atoms with van der Waals surface area (Å²) in [4.78, 5) is 6.81. The van der Waals surface area contributed by atoms with E-state index >= 15 is 0 Å². The molecule has 1 aromatic rings. The zero-order chi connectivity index (χ0) is 13.0. The molecule has 1 atom stereocenters. The number of hydrogen-bond donors (Lipinski definition) is 1. The molecule has 1 saturated heterocycles. The van der Waals surface area contributed by atoms with E-state index in [1.165, 1.54) is 11.1 Å². The van der Waals surface area contributed by atoms with Crippen LogP contribution in [-0.4, -0.2) is 36.1 Å². The molecule has 1 aliphatic rings. The van der Waals surface area contributed by atoms with Crippen molar-refractivity contribution in [2.24, 2.45) is 0 Å². The van der Waals surface area contributed by atoms with Crippen LogP contribution in [0, 0.1) is 0 Å². The average molecular weight is 383 g/mol. The number of aromatic nitrogens is 1. The normalized spacial score (nSPS) is 16.7. The van der Waals surface area contributed by atoms with Gasteiger partial charge in [-0.05, 0) is 40.9 Å². The fourth-order valence-corrected chi connectivity index (χ4v) is 2.77. The van der Waals surface area contributed by atoms with Crippen LogP contribution in [0.5, 0.6) is 0 Å². The Morgan fingerprint density at radius 3 is 2.60 bits per heavy atom. The van der Waals surface area contributed by atoms with E-state index < -0.39 is 0 Å². The molecule has 1 N–H and O–H groups in total. The average Bonchev–Trinajstić information content (AvgIpc) is 2.37. The summed E-state index contributed by atoms with van der Waals surface area (Å²) >= 11 is 3.50. The lowest BCUT2D eigenvalue weighted by Crippen LogP contribution is -2.45. The number of rotatable bonds is 4. The first-order chi connectivity index (χ1) is 8.66. The van der Waals surface area contributed by atoms with Crippen LogP contribution in [0.4, 0.5) is 0 Å². The van der Waals surface area contributed by atoms with E-state index in [0.717, 1.165) is 37.1 Å². The SMILES string of the molecule is C=C(C)C[C@H](c1cncc(Br)c1)N1CCNCC1.Cl.Cl. The van der Waals surface area contributed by atoms with Crippen LogP contribution in [0.15, 0.2) is 35.1 Å². The molecular weight excluding hydrogens is 361 g/mol. The maximum Gasteiger partial charge on any atom is 0.0410 e. The molecule has 0 spiro atoms. The van der Waals surface area contributed by atoms with Crippen LogP contribution in [0.1, 0.15) is 24.9 Å². The summed E-state index contributed by atoms with van der Waals surface area (Å²) in [5.41, 5.74) is 2.49. The largest absolute Gasteiger partial charge is 0.314 e. The minimum absolute atomic E-state index is 0. The Balaban J connectivity index is 0.00000180. The highest BCUT2D eigenvalue weighted by atomic mass is 79.9. The Morgan fingerprint density at radius 1 is 1.40 bits per heavy atom. The summed E-state index contributed by atoms with van der Waals surface area (Å²) in [7, 11) is 0. The van der Waals surface area contributed by atoms with Crippen molar-refractivity contribution in [2.75, 3.05) is 26.2 Å². The first-order valence-corrected chi connectivity index (χ1v) is 7.15. The molecule has 0 unspecified atom stereocenters. The van der Waals surface area contributed by atoms with Crippen LogP contribution in [0.2, 0.25) is 0 Å². The Kier molecular flexibility index (Phi) is 9.68. The van der Waals surface area contributed by atoms with E-state index in [1.807, 2.05) is 12.4 Å². The number of nitrogens with one attached hydrogen (secondary N) is 1. The molecule has 3 nitrogen and oxygen atoms in total. The Morgan fingerprint density at radius 2 is 2.05 bits per heavy atom. The maximum atomic E-state index is 4.29. The van der Waals surface area contributed by atoms with Gasteiger partial charge in [-0.15, -0.1) is 31.4 Å². The zero-order valence-corrected chi connectivity index (χ0v) is 14.9. The van der Waals surface area contributed by atoms with Crippen molar-refractivity contribution < 1.29 is 0 Å². The Hall–Kier alpha value is -0.130. The van der Waals surface area contributed by atoms with Crippen LogP contribution < -0.4 is 5.32 Å². The van der Waals surface area contributed by atoms with Crippen molar-refractivity contribution >= 4 is 40.7 Å². The lowest BCUT2D eigenvalue weighted by molar-refractivity contribution is 0.172. The fraction of sp³-hybridized carbons (Fsp3) is 0.500. The molecule has 114 valence electrons. The quantitative estimate of drug-likeness (QED) is 0.806. The second-order valence-electron chi connectivity index (χ2n) is 4.90. The summed E-state index contributed by atoms with van der Waals surface area (Å²) < 4.78 is 1.04. The van der Waals surface area contributed by atoms with Gasteiger partial charge in [0.15, 0.2) is 0 Å². The van der Waals surface area contributed by atoms with Crippen LogP contribution in [0.25, 0.3) is 0 Å². The summed E-state index contributed by atoms with van der Waals surface area (Å²) in [6.07, 6.45) is 4.80. The number of piperazine rings is 1. The number of halogens is 3. The van der Waals surface area contributed by atoms with E-state index in [0.29, 0.717) is 6.04 Å². The molecule has 1 fully saturated rings. The van der Waals surface area contributed by atoms with Gasteiger partial charge in [-0.2, -0.15) is 0 Å². The lowest BCUT2D eigenvalue weighted by atomic mass is 9.99. The fourth-order valence-electron chi connectivity index (χ4n) is 2.39. The van der Waals surface area contributed by atoms with Crippen molar-refractivity contribution in [1.82, 2.24) is 15.2 Å². The second kappa shape index (κ2) is 9.74. The van der Waals surface area contributed by atoms with Gasteiger partial charge < -0.3 is 5.32 Å². The molecule has 1 aromatic heterocycles. The Bertz CT molecular complexity index is 423. The minimum Gasteiger partial charge on any atom is -0.314 e. The second-order valence-corrected chi connectivity index (χ2v) is 5.82. The van der Waals surface area contributed by atoms with Gasteiger partial charge in [0.25, 0.3) is 0 Å². The van der Waals surface area contributed by atoms with Gasteiger partial charge in [-0.3, -0.25) is 9.88 Å². The highest BCUT2D eigenvalue weighted by Gasteiger charge is 2.22. The number of nitrogens with zero attached hydrogens (tertiary/aromatic N) is 2. The first-order valence-electron chi connectivity index (χ1n) is 6.36. The first kappa shape index (κ1) is 19.9. The van der Waals surface area contributed by atoms with E-state index in [4.69, 9.17) is 0 Å². The molecular formula is C14H22BrCl2N3. The van der Waals surface area contributed by atoms with Crippen molar-refractivity contribution in [1.29, 1.82) is 0 Å². The van der Waals surface area contributed by atoms with Crippen LogP contribution in [0.3, 0.4) is 0 Å². The van der Waals surface area contributed by atoms with Gasteiger partial charge in [-0.1, -0.05) is 5.57 Å². The minimum atomic E-state index is 0. The van der Waals surface area contributed by atoms with Crippen molar-refractivity contribution in [3.63, 3.8) is 0 Å². The Labute approximate surface area is 142 Å². The van der Waals surface area contributed by atoms with Crippen molar-refractivity contribution in [3.05, 3.63) is 40.6 Å². The third-order valence-corrected chi connectivity index (χ3v) is 3.68. The van der Waals surface area contributed by atoms with Gasteiger partial charge in [-0.25, -0.2) is 0 Å². The molecule has 2 rings (SSSR count). The molecule has 0 amide bonds. The molecule has 0 bridgehead atoms. The topological polar surface area (TPSA) is 28.2 Å². The molecule has 0 aliphatic carbocycles. The number of pyridine rings is 1. The highest BCUT2D eigenvalue weighted by Crippen LogP contribution is 2.28. The standard InChI is InChI=1S/C14H20BrN3.2ClH/c1-11(2)7-14(18-5-3-16-4-6-18)12-8-13(15)10-17-9-12;;/h8-10,14,16H,1,3-7H2,2H3;2*1H/t14-;;/m1../s1. The molecule has 0 aromatic carbocycles. The molecule has 6 heteroatoms. The smallest absolute Gasteiger partial charge is 0.0410 e. The van der Waals surface area contributed by atoms with Gasteiger partial charge in [0.05, 0.1) is 0 Å². The molecule has 20 heavy (non-hydrogen) atoms. The summed E-state index contributed by atoms with van der Waals surface area (Å²) in [6.45, 7) is 10.5.